The molecule has 0 aliphatic carbocycles. The number of carbonyl (C=O) groups is 2. The predicted octanol–water partition coefficient (Wildman–Crippen LogP) is 1.35. The van der Waals surface area contributed by atoms with E-state index in [1.54, 1.807) is 6.07 Å². The van der Waals surface area contributed by atoms with Crippen molar-refractivity contribution in [2.45, 2.75) is 25.8 Å². The fourth-order valence-electron chi connectivity index (χ4n) is 1.62. The average molecular weight is 239 g/mol. The van der Waals surface area contributed by atoms with E-state index in [9.17, 15) is 14.0 Å². The Morgan fingerprint density at radius 1 is 1.47 bits per heavy atom. The lowest BCUT2D eigenvalue weighted by atomic mass is 9.92. The van der Waals surface area contributed by atoms with Crippen LogP contribution in [0, 0.1) is 5.82 Å². The minimum absolute atomic E-state index is 0.0275. The van der Waals surface area contributed by atoms with E-state index in [0.717, 1.165) is 0 Å². The highest BCUT2D eigenvalue weighted by atomic mass is 19.1. The van der Waals surface area contributed by atoms with Crippen LogP contribution in [0.4, 0.5) is 4.39 Å². The number of benzene rings is 1. The highest BCUT2D eigenvalue weighted by Gasteiger charge is 2.34. The Kier molecular flexibility index (Phi) is 3.83. The number of carboxylic acid groups (broad SMARTS) is 1. The molecule has 17 heavy (non-hydrogen) atoms. The molecule has 0 aliphatic rings. The van der Waals surface area contributed by atoms with Crippen molar-refractivity contribution in [3.63, 3.8) is 0 Å². The molecule has 0 saturated heterocycles. The molecular weight excluding hydrogens is 225 g/mol. The van der Waals surface area contributed by atoms with E-state index in [4.69, 9.17) is 5.11 Å². The number of carboxylic acids is 1. The number of carbonyl (C=O) groups excluding carboxylic acids is 1. The van der Waals surface area contributed by atoms with Gasteiger partial charge < -0.3 is 10.4 Å². The van der Waals surface area contributed by atoms with Gasteiger partial charge in [-0.05, 0) is 24.6 Å². The summed E-state index contributed by atoms with van der Waals surface area (Å²) in [6.45, 7) is 2.63. The van der Waals surface area contributed by atoms with Crippen molar-refractivity contribution in [2.24, 2.45) is 0 Å². The second-order valence-electron chi connectivity index (χ2n) is 4.13. The molecule has 1 rings (SSSR count). The highest BCUT2D eigenvalue weighted by Crippen LogP contribution is 2.15. The molecule has 0 saturated carbocycles. The van der Waals surface area contributed by atoms with Crippen LogP contribution in [0.25, 0.3) is 0 Å². The van der Waals surface area contributed by atoms with E-state index >= 15 is 0 Å². The third kappa shape index (κ3) is 3.55. The fraction of sp³-hybridized carbons (Fsp3) is 0.333. The van der Waals surface area contributed by atoms with Crippen molar-refractivity contribution >= 4 is 11.9 Å². The van der Waals surface area contributed by atoms with Crippen LogP contribution in [0.15, 0.2) is 24.3 Å². The molecule has 1 aromatic rings. The molecule has 0 aromatic heterocycles. The molecule has 0 unspecified atom stereocenters. The van der Waals surface area contributed by atoms with Gasteiger partial charge in [-0.3, -0.25) is 4.79 Å². The van der Waals surface area contributed by atoms with Gasteiger partial charge in [-0.2, -0.15) is 0 Å². The molecule has 0 spiro atoms. The van der Waals surface area contributed by atoms with E-state index in [1.165, 1.54) is 32.0 Å². The number of halogens is 1. The number of amides is 1. The van der Waals surface area contributed by atoms with Gasteiger partial charge in [-0.25, -0.2) is 9.18 Å². The lowest BCUT2D eigenvalue weighted by Crippen LogP contribution is -2.53. The van der Waals surface area contributed by atoms with Gasteiger partial charge in [0.05, 0.1) is 0 Å². The fourth-order valence-corrected chi connectivity index (χ4v) is 1.62. The molecule has 0 aliphatic heterocycles. The third-order valence-electron chi connectivity index (χ3n) is 2.37. The molecule has 1 atom stereocenters. The zero-order valence-corrected chi connectivity index (χ0v) is 9.66. The molecule has 0 radical (unpaired) electrons. The average Bonchev–Trinajstić information content (AvgIpc) is 2.15. The normalized spacial score (nSPS) is 13.8. The summed E-state index contributed by atoms with van der Waals surface area (Å²) in [4.78, 5) is 22.1. The van der Waals surface area contributed by atoms with Crippen LogP contribution in [0.2, 0.25) is 0 Å². The van der Waals surface area contributed by atoms with Crippen molar-refractivity contribution in [2.75, 3.05) is 0 Å². The van der Waals surface area contributed by atoms with E-state index in [1.807, 2.05) is 0 Å². The van der Waals surface area contributed by atoms with Crippen molar-refractivity contribution < 1.29 is 19.1 Å². The van der Waals surface area contributed by atoms with Crippen LogP contribution in [0.3, 0.4) is 0 Å². The Morgan fingerprint density at radius 2 is 2.12 bits per heavy atom. The van der Waals surface area contributed by atoms with Gasteiger partial charge >= 0.3 is 5.97 Å². The molecular formula is C12H14FNO3. The standard InChI is InChI=1S/C12H14FNO3/c1-8(15)14-12(2,11(16)17)7-9-4-3-5-10(13)6-9/h3-6H,7H2,1-2H3,(H,14,15)(H,16,17)/t12-/m0/s1. The zero-order valence-electron chi connectivity index (χ0n) is 9.66. The number of aliphatic carboxylic acids is 1. The van der Waals surface area contributed by atoms with Gasteiger partial charge in [0.15, 0.2) is 0 Å². The van der Waals surface area contributed by atoms with E-state index < -0.39 is 23.2 Å². The van der Waals surface area contributed by atoms with Crippen LogP contribution in [0.1, 0.15) is 19.4 Å². The van der Waals surface area contributed by atoms with Crippen LogP contribution in [0.5, 0.6) is 0 Å². The van der Waals surface area contributed by atoms with Crippen LogP contribution in [-0.2, 0) is 16.0 Å². The number of nitrogens with one attached hydrogen (secondary N) is 1. The topological polar surface area (TPSA) is 66.4 Å². The van der Waals surface area contributed by atoms with Crippen molar-refractivity contribution in [3.05, 3.63) is 35.6 Å². The molecule has 2 N–H and O–H groups in total. The first-order chi connectivity index (χ1) is 7.83. The Labute approximate surface area is 98.5 Å². The van der Waals surface area contributed by atoms with Gasteiger partial charge in [0.25, 0.3) is 0 Å². The van der Waals surface area contributed by atoms with Gasteiger partial charge in [-0.15, -0.1) is 0 Å². The van der Waals surface area contributed by atoms with Crippen LogP contribution < -0.4 is 5.32 Å². The smallest absolute Gasteiger partial charge is 0.329 e. The largest absolute Gasteiger partial charge is 0.480 e. The maximum atomic E-state index is 13.0. The molecule has 0 heterocycles. The van der Waals surface area contributed by atoms with Crippen molar-refractivity contribution in [1.29, 1.82) is 0 Å². The minimum atomic E-state index is -1.43. The summed E-state index contributed by atoms with van der Waals surface area (Å²) in [5, 5.41) is 11.5. The highest BCUT2D eigenvalue weighted by molar-refractivity contribution is 5.85. The third-order valence-corrected chi connectivity index (χ3v) is 2.37. The Hall–Kier alpha value is -1.91. The lowest BCUT2D eigenvalue weighted by Gasteiger charge is -2.25. The number of hydrogen-bond donors (Lipinski definition) is 2. The van der Waals surface area contributed by atoms with Gasteiger partial charge in [0, 0.05) is 13.3 Å². The van der Waals surface area contributed by atoms with E-state index in [0.29, 0.717) is 5.56 Å². The number of rotatable bonds is 4. The van der Waals surface area contributed by atoms with E-state index in [-0.39, 0.29) is 6.42 Å². The van der Waals surface area contributed by atoms with Crippen LogP contribution in [-0.4, -0.2) is 22.5 Å². The van der Waals surface area contributed by atoms with Gasteiger partial charge in [0.1, 0.15) is 11.4 Å². The molecule has 1 amide bonds. The summed E-state index contributed by atoms with van der Waals surface area (Å²) in [5.74, 6) is -2.03. The first-order valence-corrected chi connectivity index (χ1v) is 5.10. The van der Waals surface area contributed by atoms with Gasteiger partial charge in [-0.1, -0.05) is 12.1 Å². The number of hydrogen-bond acceptors (Lipinski definition) is 2. The minimum Gasteiger partial charge on any atom is -0.480 e. The summed E-state index contributed by atoms with van der Waals surface area (Å²) in [7, 11) is 0. The predicted molar refractivity (Wildman–Crippen MR) is 60.0 cm³/mol. The van der Waals surface area contributed by atoms with Crippen molar-refractivity contribution in [3.8, 4) is 0 Å². The molecule has 0 bridgehead atoms. The Morgan fingerprint density at radius 3 is 2.59 bits per heavy atom. The summed E-state index contributed by atoms with van der Waals surface area (Å²) < 4.78 is 13.0. The quantitative estimate of drug-likeness (QED) is 0.833. The lowest BCUT2D eigenvalue weighted by molar-refractivity contribution is -0.146. The zero-order chi connectivity index (χ0) is 13.1. The van der Waals surface area contributed by atoms with Crippen molar-refractivity contribution in [1.82, 2.24) is 5.32 Å². The van der Waals surface area contributed by atoms with Gasteiger partial charge in [0.2, 0.25) is 5.91 Å². The molecule has 5 heteroatoms. The Balaban J connectivity index is 2.94. The Bertz CT molecular complexity index is 447. The molecule has 1 aromatic carbocycles. The molecule has 92 valence electrons. The maximum Gasteiger partial charge on any atom is 0.329 e. The molecule has 4 nitrogen and oxygen atoms in total. The monoisotopic (exact) mass is 239 g/mol. The summed E-state index contributed by atoms with van der Waals surface area (Å²) in [6.07, 6.45) is 0.0275. The second-order valence-corrected chi connectivity index (χ2v) is 4.13. The SMILES string of the molecule is CC(=O)N[C@@](C)(Cc1cccc(F)c1)C(=O)O. The summed E-state index contributed by atoms with van der Waals surface area (Å²) in [5.41, 5.74) is -0.914. The first-order valence-electron chi connectivity index (χ1n) is 5.10. The van der Waals surface area contributed by atoms with E-state index in [2.05, 4.69) is 5.32 Å². The first kappa shape index (κ1) is 13.2. The summed E-state index contributed by atoms with van der Waals surface area (Å²) in [6, 6.07) is 5.65. The maximum absolute atomic E-state index is 13.0. The van der Waals surface area contributed by atoms with Crippen LogP contribution >= 0.6 is 0 Å². The summed E-state index contributed by atoms with van der Waals surface area (Å²) >= 11 is 0. The molecule has 0 fully saturated rings. The second kappa shape index (κ2) is 4.95.